The molecule has 1 aromatic rings. The Morgan fingerprint density at radius 3 is 2.82 bits per heavy atom. The highest BCUT2D eigenvalue weighted by Gasteiger charge is 2.29. The summed E-state index contributed by atoms with van der Waals surface area (Å²) in [5, 5.41) is 0. The molecule has 4 heteroatoms. The van der Waals surface area contributed by atoms with E-state index in [1.54, 1.807) is 0 Å². The van der Waals surface area contributed by atoms with Gasteiger partial charge in [-0.05, 0) is 37.1 Å². The minimum Gasteiger partial charge on any atom is -0.327 e. The van der Waals surface area contributed by atoms with Gasteiger partial charge in [0, 0.05) is 22.7 Å². The van der Waals surface area contributed by atoms with Gasteiger partial charge in [-0.15, -0.1) is 0 Å². The van der Waals surface area contributed by atoms with Gasteiger partial charge in [-0.25, -0.2) is 0 Å². The fourth-order valence-corrected chi connectivity index (χ4v) is 2.48. The molecular weight excluding hydrogens is 280 g/mol. The van der Waals surface area contributed by atoms with Crippen LogP contribution in [0.1, 0.15) is 19.4 Å². The van der Waals surface area contributed by atoms with Gasteiger partial charge in [0.25, 0.3) is 0 Å². The van der Waals surface area contributed by atoms with E-state index in [0.717, 1.165) is 23.1 Å². The Labute approximate surface area is 110 Å². The van der Waals surface area contributed by atoms with Gasteiger partial charge in [0.1, 0.15) is 0 Å². The van der Waals surface area contributed by atoms with Gasteiger partial charge >= 0.3 is 0 Å². The van der Waals surface area contributed by atoms with E-state index in [0.29, 0.717) is 0 Å². The maximum absolute atomic E-state index is 12.3. The lowest BCUT2D eigenvalue weighted by Gasteiger charge is -2.23. The fourth-order valence-electron chi connectivity index (χ4n) is 2.07. The highest BCUT2D eigenvalue weighted by atomic mass is 79.9. The van der Waals surface area contributed by atoms with Crippen LogP contribution in [0.15, 0.2) is 22.7 Å². The van der Waals surface area contributed by atoms with E-state index < -0.39 is 0 Å². The Bertz CT molecular complexity index is 445. The molecule has 2 rings (SSSR count). The van der Waals surface area contributed by atoms with Gasteiger partial charge in [0.15, 0.2) is 0 Å². The molecule has 1 aromatic carbocycles. The van der Waals surface area contributed by atoms with Gasteiger partial charge in [0.05, 0.1) is 5.92 Å². The zero-order valence-corrected chi connectivity index (χ0v) is 11.7. The Morgan fingerprint density at radius 1 is 1.47 bits per heavy atom. The van der Waals surface area contributed by atoms with E-state index in [1.807, 2.05) is 30.9 Å². The first kappa shape index (κ1) is 12.6. The Balaban J connectivity index is 2.25. The van der Waals surface area contributed by atoms with Gasteiger partial charge in [0.2, 0.25) is 5.91 Å². The Kier molecular flexibility index (Phi) is 3.54. The summed E-state index contributed by atoms with van der Waals surface area (Å²) >= 11 is 3.45. The molecule has 0 bridgehead atoms. The zero-order valence-electron chi connectivity index (χ0n) is 10.1. The molecule has 0 saturated carbocycles. The van der Waals surface area contributed by atoms with Crippen molar-refractivity contribution in [1.29, 1.82) is 0 Å². The van der Waals surface area contributed by atoms with Crippen LogP contribution in [0.2, 0.25) is 0 Å². The van der Waals surface area contributed by atoms with Crippen molar-refractivity contribution in [2.45, 2.75) is 26.3 Å². The summed E-state index contributed by atoms with van der Waals surface area (Å²) in [6.45, 7) is 4.53. The van der Waals surface area contributed by atoms with Crippen LogP contribution < -0.4 is 10.6 Å². The van der Waals surface area contributed by atoms with Crippen molar-refractivity contribution < 1.29 is 4.79 Å². The Morgan fingerprint density at radius 2 is 2.18 bits per heavy atom. The number of fused-ring (bicyclic) bond motifs is 1. The van der Waals surface area contributed by atoms with Crippen LogP contribution in [0, 0.1) is 5.92 Å². The molecule has 92 valence electrons. The number of nitrogens with zero attached hydrogens (tertiary/aromatic N) is 1. The summed E-state index contributed by atoms with van der Waals surface area (Å²) in [6, 6.07) is 5.94. The molecule has 17 heavy (non-hydrogen) atoms. The molecule has 0 aliphatic carbocycles. The van der Waals surface area contributed by atoms with Crippen LogP contribution in [0.3, 0.4) is 0 Å². The van der Waals surface area contributed by atoms with Crippen molar-refractivity contribution in [2.75, 3.05) is 11.4 Å². The zero-order chi connectivity index (χ0) is 12.6. The van der Waals surface area contributed by atoms with Crippen molar-refractivity contribution in [3.05, 3.63) is 28.2 Å². The molecule has 2 atom stereocenters. The fraction of sp³-hybridized carbons (Fsp3) is 0.462. The first-order valence-electron chi connectivity index (χ1n) is 5.86. The summed E-state index contributed by atoms with van der Waals surface area (Å²) in [7, 11) is 0. The number of amides is 1. The van der Waals surface area contributed by atoms with E-state index in [2.05, 4.69) is 22.0 Å². The lowest BCUT2D eigenvalue weighted by Crippen LogP contribution is -2.41. The van der Waals surface area contributed by atoms with Crippen molar-refractivity contribution in [2.24, 2.45) is 11.7 Å². The minimum absolute atomic E-state index is 0.109. The van der Waals surface area contributed by atoms with Crippen molar-refractivity contribution in [3.63, 3.8) is 0 Å². The molecule has 0 fully saturated rings. The average Bonchev–Trinajstić information content (AvgIpc) is 2.69. The largest absolute Gasteiger partial charge is 0.327 e. The van der Waals surface area contributed by atoms with E-state index in [1.165, 1.54) is 5.56 Å². The third-order valence-electron chi connectivity index (χ3n) is 3.38. The number of carbonyl (C=O) groups excluding carboxylic acids is 1. The predicted molar refractivity (Wildman–Crippen MR) is 73.0 cm³/mol. The van der Waals surface area contributed by atoms with E-state index in [9.17, 15) is 4.79 Å². The summed E-state index contributed by atoms with van der Waals surface area (Å²) in [4.78, 5) is 14.1. The molecule has 3 nitrogen and oxygen atoms in total. The SMILES string of the molecule is CC(N)C(C)C(=O)N1CCc2cc(Br)ccc21. The molecule has 1 aliphatic rings. The third-order valence-corrected chi connectivity index (χ3v) is 3.87. The smallest absolute Gasteiger partial charge is 0.231 e. The quantitative estimate of drug-likeness (QED) is 0.910. The van der Waals surface area contributed by atoms with Gasteiger partial charge in [-0.2, -0.15) is 0 Å². The van der Waals surface area contributed by atoms with Gasteiger partial charge in [-0.3, -0.25) is 4.79 Å². The number of nitrogens with two attached hydrogens (primary N) is 1. The molecule has 1 amide bonds. The van der Waals surface area contributed by atoms with Crippen LogP contribution in [-0.2, 0) is 11.2 Å². The molecule has 1 aliphatic heterocycles. The van der Waals surface area contributed by atoms with Crippen LogP contribution in [0.5, 0.6) is 0 Å². The molecule has 0 radical (unpaired) electrons. The normalized spacial score (nSPS) is 17.8. The number of halogens is 1. The summed E-state index contributed by atoms with van der Waals surface area (Å²) in [5.74, 6) is -0.00864. The second kappa shape index (κ2) is 4.78. The molecule has 0 aromatic heterocycles. The standard InChI is InChI=1S/C13H17BrN2O/c1-8(9(2)15)13(17)16-6-5-10-7-11(14)3-4-12(10)16/h3-4,7-9H,5-6,15H2,1-2H3. The van der Waals surface area contributed by atoms with Crippen LogP contribution >= 0.6 is 15.9 Å². The lowest BCUT2D eigenvalue weighted by molar-refractivity contribution is -0.122. The second-order valence-electron chi connectivity index (χ2n) is 4.66. The van der Waals surface area contributed by atoms with Crippen LogP contribution in [-0.4, -0.2) is 18.5 Å². The summed E-state index contributed by atoms with van der Waals surface area (Å²) in [6.07, 6.45) is 0.923. The molecule has 2 unspecified atom stereocenters. The number of benzene rings is 1. The van der Waals surface area contributed by atoms with Crippen molar-refractivity contribution in [1.82, 2.24) is 0 Å². The van der Waals surface area contributed by atoms with Crippen LogP contribution in [0.4, 0.5) is 5.69 Å². The van der Waals surface area contributed by atoms with E-state index >= 15 is 0 Å². The summed E-state index contributed by atoms with van der Waals surface area (Å²) < 4.78 is 1.06. The number of hydrogen-bond donors (Lipinski definition) is 1. The number of hydrogen-bond acceptors (Lipinski definition) is 2. The lowest BCUT2D eigenvalue weighted by atomic mass is 10.0. The van der Waals surface area contributed by atoms with Gasteiger partial charge < -0.3 is 10.6 Å². The van der Waals surface area contributed by atoms with Crippen molar-refractivity contribution in [3.8, 4) is 0 Å². The minimum atomic E-state index is -0.135. The first-order chi connectivity index (χ1) is 8.00. The highest BCUT2D eigenvalue weighted by molar-refractivity contribution is 9.10. The van der Waals surface area contributed by atoms with Gasteiger partial charge in [-0.1, -0.05) is 22.9 Å². The molecule has 2 N–H and O–H groups in total. The topological polar surface area (TPSA) is 46.3 Å². The Hall–Kier alpha value is -0.870. The average molecular weight is 297 g/mol. The third kappa shape index (κ3) is 2.38. The monoisotopic (exact) mass is 296 g/mol. The number of anilines is 1. The maximum atomic E-state index is 12.3. The number of rotatable bonds is 2. The molecule has 0 spiro atoms. The highest BCUT2D eigenvalue weighted by Crippen LogP contribution is 2.31. The van der Waals surface area contributed by atoms with Crippen LogP contribution in [0.25, 0.3) is 0 Å². The maximum Gasteiger partial charge on any atom is 0.231 e. The molecular formula is C13H17BrN2O. The molecule has 0 saturated heterocycles. The second-order valence-corrected chi connectivity index (χ2v) is 5.58. The first-order valence-corrected chi connectivity index (χ1v) is 6.65. The summed E-state index contributed by atoms with van der Waals surface area (Å²) in [5.41, 5.74) is 8.05. The molecule has 1 heterocycles. The predicted octanol–water partition coefficient (Wildman–Crippen LogP) is 2.32. The van der Waals surface area contributed by atoms with E-state index in [4.69, 9.17) is 5.73 Å². The van der Waals surface area contributed by atoms with E-state index in [-0.39, 0.29) is 17.9 Å². The van der Waals surface area contributed by atoms with Crippen molar-refractivity contribution >= 4 is 27.5 Å². The number of carbonyl (C=O) groups is 1.